The lowest BCUT2D eigenvalue weighted by atomic mass is 9.93. The second-order valence-electron chi connectivity index (χ2n) is 4.35. The van der Waals surface area contributed by atoms with Crippen LogP contribution in [0, 0.1) is 5.82 Å². The Bertz CT molecular complexity index is 350. The number of hydrogen-bond acceptors (Lipinski definition) is 2. The van der Waals surface area contributed by atoms with Gasteiger partial charge in [0.15, 0.2) is 0 Å². The van der Waals surface area contributed by atoms with E-state index in [1.807, 2.05) is 12.3 Å². The maximum atomic E-state index is 13.1. The standard InChI is InChI=1S/C13H18FNS/c1-16-9-11-7-12(14)6-5-10(11)8-15-13-3-2-4-13/h5-7,13,15H,2-4,8-9H2,1H3. The van der Waals surface area contributed by atoms with Crippen molar-refractivity contribution in [3.8, 4) is 0 Å². The molecule has 16 heavy (non-hydrogen) atoms. The molecule has 0 aromatic heterocycles. The summed E-state index contributed by atoms with van der Waals surface area (Å²) in [6.07, 6.45) is 5.98. The summed E-state index contributed by atoms with van der Waals surface area (Å²) in [6, 6.07) is 5.81. The molecule has 0 amide bonds. The van der Waals surface area contributed by atoms with Crippen molar-refractivity contribution in [3.63, 3.8) is 0 Å². The molecule has 88 valence electrons. The van der Waals surface area contributed by atoms with E-state index in [1.165, 1.54) is 24.8 Å². The van der Waals surface area contributed by atoms with Crippen LogP contribution in [0.15, 0.2) is 18.2 Å². The summed E-state index contributed by atoms with van der Waals surface area (Å²) in [7, 11) is 0. The van der Waals surface area contributed by atoms with Gasteiger partial charge in [0.05, 0.1) is 0 Å². The first-order chi connectivity index (χ1) is 7.79. The predicted octanol–water partition coefficient (Wildman–Crippen LogP) is 3.33. The molecule has 2 rings (SSSR count). The Morgan fingerprint density at radius 3 is 2.81 bits per heavy atom. The van der Waals surface area contributed by atoms with Crippen LogP contribution in [0.3, 0.4) is 0 Å². The van der Waals surface area contributed by atoms with Gasteiger partial charge in [-0.3, -0.25) is 0 Å². The first-order valence-electron chi connectivity index (χ1n) is 5.79. The fourth-order valence-corrected chi connectivity index (χ4v) is 2.50. The van der Waals surface area contributed by atoms with Crippen LogP contribution in [-0.2, 0) is 12.3 Å². The lowest BCUT2D eigenvalue weighted by Crippen LogP contribution is -2.34. The first kappa shape index (κ1) is 11.9. The Labute approximate surface area is 101 Å². The van der Waals surface area contributed by atoms with Gasteiger partial charge in [0.2, 0.25) is 0 Å². The van der Waals surface area contributed by atoms with Crippen LogP contribution in [0.4, 0.5) is 4.39 Å². The van der Waals surface area contributed by atoms with Gasteiger partial charge in [-0.15, -0.1) is 0 Å². The minimum Gasteiger partial charge on any atom is -0.310 e. The number of halogens is 1. The molecule has 1 N–H and O–H groups in total. The van der Waals surface area contributed by atoms with Gasteiger partial charge in [-0.25, -0.2) is 4.39 Å². The third-order valence-electron chi connectivity index (χ3n) is 3.15. The minimum atomic E-state index is -0.128. The van der Waals surface area contributed by atoms with Crippen molar-refractivity contribution in [2.24, 2.45) is 0 Å². The number of thioether (sulfide) groups is 1. The fourth-order valence-electron chi connectivity index (χ4n) is 1.92. The van der Waals surface area contributed by atoms with Crippen LogP contribution >= 0.6 is 11.8 Å². The van der Waals surface area contributed by atoms with E-state index in [-0.39, 0.29) is 5.82 Å². The monoisotopic (exact) mass is 239 g/mol. The van der Waals surface area contributed by atoms with E-state index in [2.05, 4.69) is 5.32 Å². The number of rotatable bonds is 5. The third-order valence-corrected chi connectivity index (χ3v) is 3.75. The Morgan fingerprint density at radius 1 is 1.38 bits per heavy atom. The molecular weight excluding hydrogens is 221 g/mol. The van der Waals surface area contributed by atoms with Crippen LogP contribution in [0.1, 0.15) is 30.4 Å². The van der Waals surface area contributed by atoms with Crippen molar-refractivity contribution >= 4 is 11.8 Å². The Hall–Kier alpha value is -0.540. The van der Waals surface area contributed by atoms with E-state index < -0.39 is 0 Å². The molecule has 1 aromatic rings. The summed E-state index contributed by atoms with van der Waals surface area (Å²) in [5, 5.41) is 3.52. The Morgan fingerprint density at radius 2 is 2.19 bits per heavy atom. The SMILES string of the molecule is CSCc1cc(F)ccc1CNC1CCC1. The van der Waals surface area contributed by atoms with E-state index in [0.717, 1.165) is 17.9 Å². The van der Waals surface area contributed by atoms with Gasteiger partial charge in [-0.2, -0.15) is 11.8 Å². The van der Waals surface area contributed by atoms with E-state index in [4.69, 9.17) is 0 Å². The minimum absolute atomic E-state index is 0.128. The summed E-state index contributed by atoms with van der Waals surface area (Å²) >= 11 is 1.74. The molecule has 1 nitrogen and oxygen atoms in total. The van der Waals surface area contributed by atoms with Gasteiger partial charge in [-0.1, -0.05) is 12.5 Å². The topological polar surface area (TPSA) is 12.0 Å². The van der Waals surface area contributed by atoms with Crippen LogP contribution < -0.4 is 5.32 Å². The van der Waals surface area contributed by atoms with Gasteiger partial charge in [0.25, 0.3) is 0 Å². The van der Waals surface area contributed by atoms with Crippen LogP contribution in [0.2, 0.25) is 0 Å². The molecule has 0 heterocycles. The van der Waals surface area contributed by atoms with Crippen molar-refractivity contribution in [2.45, 2.75) is 37.6 Å². The highest BCUT2D eigenvalue weighted by molar-refractivity contribution is 7.97. The summed E-state index contributed by atoms with van der Waals surface area (Å²) in [6.45, 7) is 0.876. The molecule has 0 radical (unpaired) electrons. The van der Waals surface area contributed by atoms with E-state index >= 15 is 0 Å². The Balaban J connectivity index is 1.99. The van der Waals surface area contributed by atoms with Crippen LogP contribution in [0.5, 0.6) is 0 Å². The largest absolute Gasteiger partial charge is 0.310 e. The van der Waals surface area contributed by atoms with Crippen LogP contribution in [-0.4, -0.2) is 12.3 Å². The molecule has 0 saturated heterocycles. The highest BCUT2D eigenvalue weighted by atomic mass is 32.2. The second-order valence-corrected chi connectivity index (χ2v) is 5.22. The van der Waals surface area contributed by atoms with E-state index in [0.29, 0.717) is 6.04 Å². The zero-order valence-corrected chi connectivity index (χ0v) is 10.4. The number of nitrogens with one attached hydrogen (secondary N) is 1. The number of benzene rings is 1. The molecule has 0 unspecified atom stereocenters. The van der Waals surface area contributed by atoms with Crippen molar-refractivity contribution < 1.29 is 4.39 Å². The molecule has 0 spiro atoms. The molecule has 1 aliphatic carbocycles. The summed E-state index contributed by atoms with van der Waals surface area (Å²) < 4.78 is 13.1. The molecule has 0 bridgehead atoms. The highest BCUT2D eigenvalue weighted by Crippen LogP contribution is 2.20. The zero-order valence-electron chi connectivity index (χ0n) is 9.63. The van der Waals surface area contributed by atoms with Crippen molar-refractivity contribution in [2.75, 3.05) is 6.26 Å². The molecule has 3 heteroatoms. The van der Waals surface area contributed by atoms with E-state index in [1.54, 1.807) is 23.9 Å². The van der Waals surface area contributed by atoms with Gasteiger partial charge in [0, 0.05) is 18.3 Å². The average molecular weight is 239 g/mol. The maximum absolute atomic E-state index is 13.1. The number of hydrogen-bond donors (Lipinski definition) is 1. The summed E-state index contributed by atoms with van der Waals surface area (Å²) in [5.74, 6) is 0.760. The lowest BCUT2D eigenvalue weighted by molar-refractivity contribution is 0.338. The second kappa shape index (κ2) is 5.69. The lowest BCUT2D eigenvalue weighted by Gasteiger charge is -2.27. The fraction of sp³-hybridized carbons (Fsp3) is 0.538. The molecule has 0 aliphatic heterocycles. The average Bonchev–Trinajstić information content (AvgIpc) is 2.19. The normalized spacial score (nSPS) is 16.1. The van der Waals surface area contributed by atoms with Crippen molar-refractivity contribution in [3.05, 3.63) is 35.1 Å². The maximum Gasteiger partial charge on any atom is 0.123 e. The molecule has 1 fully saturated rings. The molecular formula is C13H18FNS. The van der Waals surface area contributed by atoms with Gasteiger partial charge < -0.3 is 5.32 Å². The zero-order chi connectivity index (χ0) is 11.4. The predicted molar refractivity (Wildman–Crippen MR) is 68.1 cm³/mol. The highest BCUT2D eigenvalue weighted by Gasteiger charge is 2.16. The first-order valence-corrected chi connectivity index (χ1v) is 7.18. The van der Waals surface area contributed by atoms with Gasteiger partial charge in [-0.05, 0) is 42.4 Å². The molecule has 1 saturated carbocycles. The van der Waals surface area contributed by atoms with Crippen molar-refractivity contribution in [1.29, 1.82) is 0 Å². The van der Waals surface area contributed by atoms with Crippen LogP contribution in [0.25, 0.3) is 0 Å². The summed E-state index contributed by atoms with van der Waals surface area (Å²) in [4.78, 5) is 0. The smallest absolute Gasteiger partial charge is 0.123 e. The quantitative estimate of drug-likeness (QED) is 0.846. The summed E-state index contributed by atoms with van der Waals surface area (Å²) in [5.41, 5.74) is 2.36. The molecule has 1 aliphatic rings. The Kier molecular flexibility index (Phi) is 4.24. The van der Waals surface area contributed by atoms with Crippen molar-refractivity contribution in [1.82, 2.24) is 5.32 Å². The van der Waals surface area contributed by atoms with E-state index in [9.17, 15) is 4.39 Å². The third kappa shape index (κ3) is 2.98. The van der Waals surface area contributed by atoms with Gasteiger partial charge >= 0.3 is 0 Å². The molecule has 1 aromatic carbocycles. The van der Waals surface area contributed by atoms with Gasteiger partial charge in [0.1, 0.15) is 5.82 Å². The molecule has 0 atom stereocenters.